The Hall–Kier alpha value is -4.53. The van der Waals surface area contributed by atoms with Gasteiger partial charge in [-0.2, -0.15) is 13.5 Å². The van der Waals surface area contributed by atoms with Crippen LogP contribution in [0.5, 0.6) is 0 Å². The van der Waals surface area contributed by atoms with Gasteiger partial charge in [0.2, 0.25) is 5.82 Å². The van der Waals surface area contributed by atoms with Crippen molar-refractivity contribution in [1.29, 1.82) is 0 Å². The van der Waals surface area contributed by atoms with Crippen LogP contribution in [0.3, 0.4) is 0 Å². The van der Waals surface area contributed by atoms with Gasteiger partial charge in [-0.1, -0.05) is 6.07 Å². The molecule has 13 nitrogen and oxygen atoms in total. The minimum atomic E-state index is -1.25. The second-order valence-electron chi connectivity index (χ2n) is 7.47. The monoisotopic (exact) mass is 497 g/mol. The predicted molar refractivity (Wildman–Crippen MR) is 120 cm³/mol. The first kappa shape index (κ1) is 22.3. The molecule has 1 aliphatic rings. The number of tetrazole rings is 1. The van der Waals surface area contributed by atoms with E-state index in [4.69, 9.17) is 4.74 Å². The van der Waals surface area contributed by atoms with E-state index >= 15 is 0 Å². The standard InChI is InChI=1S/C20H16FN9O4S/c1-28-25-18(24-27-28)16-5-2-11(7-22-16)14-4-3-12(6-15(14)21)29-9-13(34-20(29)33)10-30(19(31)32)17-8-23-35-26-17/h2-8,13H,9-10H2,1H3,(H,31,32)/t13-/m1/s1. The highest BCUT2D eigenvalue weighted by molar-refractivity contribution is 6.99. The molecular formula is C20H16FN9O4S. The number of benzene rings is 1. The minimum absolute atomic E-state index is 0.0420. The van der Waals surface area contributed by atoms with Crippen LogP contribution in [0.15, 0.2) is 42.7 Å². The van der Waals surface area contributed by atoms with Gasteiger partial charge in [0, 0.05) is 17.3 Å². The number of anilines is 2. The third-order valence-electron chi connectivity index (χ3n) is 5.19. The average molecular weight is 497 g/mol. The van der Waals surface area contributed by atoms with Crippen molar-refractivity contribution in [3.05, 3.63) is 48.5 Å². The van der Waals surface area contributed by atoms with Crippen molar-refractivity contribution in [1.82, 2.24) is 33.9 Å². The number of nitrogens with zero attached hydrogens (tertiary/aromatic N) is 9. The van der Waals surface area contributed by atoms with Crippen LogP contribution in [0.1, 0.15) is 0 Å². The van der Waals surface area contributed by atoms with Crippen molar-refractivity contribution < 1.29 is 23.8 Å². The number of amides is 2. The van der Waals surface area contributed by atoms with Gasteiger partial charge < -0.3 is 9.84 Å². The summed E-state index contributed by atoms with van der Waals surface area (Å²) >= 11 is 0.864. The zero-order valence-corrected chi connectivity index (χ0v) is 18.8. The lowest BCUT2D eigenvalue weighted by Gasteiger charge is -2.19. The van der Waals surface area contributed by atoms with Gasteiger partial charge in [0.05, 0.1) is 43.7 Å². The topological polar surface area (TPSA) is 152 Å². The van der Waals surface area contributed by atoms with Crippen molar-refractivity contribution >= 4 is 35.4 Å². The average Bonchev–Trinajstić information content (AvgIpc) is 3.59. The van der Waals surface area contributed by atoms with E-state index in [2.05, 4.69) is 29.1 Å². The molecule has 35 heavy (non-hydrogen) atoms. The van der Waals surface area contributed by atoms with Gasteiger partial charge in [-0.3, -0.25) is 14.8 Å². The van der Waals surface area contributed by atoms with Crippen molar-refractivity contribution in [3.63, 3.8) is 0 Å². The third-order valence-corrected chi connectivity index (χ3v) is 5.66. The summed E-state index contributed by atoms with van der Waals surface area (Å²) in [7, 11) is 1.64. The fourth-order valence-corrected chi connectivity index (χ4v) is 3.98. The Morgan fingerprint density at radius 1 is 1.31 bits per heavy atom. The van der Waals surface area contributed by atoms with Gasteiger partial charge in [0.1, 0.15) is 17.6 Å². The number of carbonyl (C=O) groups is 2. The maximum atomic E-state index is 15.0. The summed E-state index contributed by atoms with van der Waals surface area (Å²) in [6.45, 7) is -0.0947. The number of ether oxygens (including phenoxy) is 1. The van der Waals surface area contributed by atoms with Crippen LogP contribution in [0.25, 0.3) is 22.6 Å². The normalized spacial score (nSPS) is 15.3. The molecule has 5 rings (SSSR count). The predicted octanol–water partition coefficient (Wildman–Crippen LogP) is 2.44. The van der Waals surface area contributed by atoms with Gasteiger partial charge in [0.25, 0.3) is 0 Å². The number of aromatic nitrogens is 7. The van der Waals surface area contributed by atoms with Crippen LogP contribution in [0, 0.1) is 5.82 Å². The number of cyclic esters (lactones) is 1. The van der Waals surface area contributed by atoms with E-state index in [0.29, 0.717) is 17.1 Å². The summed E-state index contributed by atoms with van der Waals surface area (Å²) in [5, 5.41) is 21.2. The molecule has 4 heterocycles. The first-order valence-electron chi connectivity index (χ1n) is 10.2. The smallest absolute Gasteiger partial charge is 0.414 e. The highest BCUT2D eigenvalue weighted by Crippen LogP contribution is 2.30. The molecule has 0 radical (unpaired) electrons. The summed E-state index contributed by atoms with van der Waals surface area (Å²) in [5.41, 5.74) is 1.59. The number of pyridine rings is 1. The number of halogens is 1. The number of hydrogen-bond acceptors (Lipinski definition) is 10. The summed E-state index contributed by atoms with van der Waals surface area (Å²) in [6, 6.07) is 7.68. The minimum Gasteiger partial charge on any atom is -0.465 e. The second-order valence-corrected chi connectivity index (χ2v) is 8.03. The van der Waals surface area contributed by atoms with E-state index in [-0.39, 0.29) is 30.2 Å². The van der Waals surface area contributed by atoms with E-state index in [1.54, 1.807) is 25.2 Å². The molecule has 0 aliphatic carbocycles. The lowest BCUT2D eigenvalue weighted by molar-refractivity contribution is 0.141. The Morgan fingerprint density at radius 2 is 2.17 bits per heavy atom. The highest BCUT2D eigenvalue weighted by atomic mass is 32.1. The summed E-state index contributed by atoms with van der Waals surface area (Å²) in [4.78, 5) is 31.8. The Balaban J connectivity index is 1.31. The van der Waals surface area contributed by atoms with E-state index in [1.807, 2.05) is 0 Å². The van der Waals surface area contributed by atoms with Crippen LogP contribution in [-0.4, -0.2) is 70.4 Å². The number of carboxylic acid groups (broad SMARTS) is 1. The van der Waals surface area contributed by atoms with Crippen LogP contribution >= 0.6 is 11.7 Å². The molecule has 4 aromatic rings. The Labute approximate surface area is 200 Å². The lowest BCUT2D eigenvalue weighted by atomic mass is 10.1. The van der Waals surface area contributed by atoms with Crippen molar-refractivity contribution in [2.75, 3.05) is 22.9 Å². The summed E-state index contributed by atoms with van der Waals surface area (Å²) in [6.07, 6.45) is 0.0859. The lowest BCUT2D eigenvalue weighted by Crippen LogP contribution is -2.38. The molecule has 1 N–H and O–H groups in total. The van der Waals surface area contributed by atoms with Gasteiger partial charge in [0.15, 0.2) is 5.82 Å². The molecule has 0 unspecified atom stereocenters. The molecule has 0 bridgehead atoms. The fraction of sp³-hybridized carbons (Fsp3) is 0.200. The van der Waals surface area contributed by atoms with Gasteiger partial charge in [-0.15, -0.1) is 10.2 Å². The van der Waals surface area contributed by atoms with Crippen LogP contribution in [0.4, 0.5) is 25.5 Å². The molecule has 1 aromatic carbocycles. The molecule has 0 saturated carbocycles. The van der Waals surface area contributed by atoms with Crippen LogP contribution in [0.2, 0.25) is 0 Å². The van der Waals surface area contributed by atoms with E-state index in [9.17, 15) is 19.1 Å². The quantitative estimate of drug-likeness (QED) is 0.420. The van der Waals surface area contributed by atoms with Gasteiger partial charge >= 0.3 is 12.2 Å². The van der Waals surface area contributed by atoms with Gasteiger partial charge in [-0.25, -0.2) is 14.0 Å². The Bertz CT molecular complexity index is 1380. The molecule has 3 aromatic heterocycles. The van der Waals surface area contributed by atoms with Crippen molar-refractivity contribution in [2.45, 2.75) is 6.10 Å². The molecule has 1 saturated heterocycles. The second kappa shape index (κ2) is 9.02. The van der Waals surface area contributed by atoms with Crippen molar-refractivity contribution in [3.8, 4) is 22.6 Å². The largest absolute Gasteiger partial charge is 0.465 e. The van der Waals surface area contributed by atoms with Crippen molar-refractivity contribution in [2.24, 2.45) is 7.05 Å². The molecule has 0 spiro atoms. The summed E-state index contributed by atoms with van der Waals surface area (Å²) in [5.74, 6) is -0.0711. The molecule has 1 atom stereocenters. The number of hydrogen-bond donors (Lipinski definition) is 1. The maximum Gasteiger partial charge on any atom is 0.414 e. The molecular weight excluding hydrogens is 481 g/mol. The molecule has 2 amide bonds. The number of aryl methyl sites for hydroxylation is 1. The number of carbonyl (C=O) groups excluding carboxylic acids is 1. The zero-order chi connectivity index (χ0) is 24.5. The molecule has 178 valence electrons. The Morgan fingerprint density at radius 3 is 2.80 bits per heavy atom. The fourth-order valence-electron chi connectivity index (χ4n) is 3.56. The highest BCUT2D eigenvalue weighted by Gasteiger charge is 2.35. The summed E-state index contributed by atoms with van der Waals surface area (Å²) < 4.78 is 28.0. The first-order chi connectivity index (χ1) is 16.9. The van der Waals surface area contributed by atoms with Crippen LogP contribution in [-0.2, 0) is 11.8 Å². The van der Waals surface area contributed by atoms with Gasteiger partial charge in [-0.05, 0) is 29.5 Å². The third kappa shape index (κ3) is 4.48. The van der Waals surface area contributed by atoms with Crippen LogP contribution < -0.4 is 9.80 Å². The Kier molecular flexibility index (Phi) is 5.74. The van der Waals surface area contributed by atoms with E-state index in [0.717, 1.165) is 16.6 Å². The van der Waals surface area contributed by atoms with E-state index < -0.39 is 24.1 Å². The zero-order valence-electron chi connectivity index (χ0n) is 18.0. The maximum absolute atomic E-state index is 15.0. The first-order valence-corrected chi connectivity index (χ1v) is 10.9. The molecule has 1 fully saturated rings. The SMILES string of the molecule is Cn1nnc(-c2ccc(-c3ccc(N4C[C@H](CN(C(=O)O)c5cnsn5)OC4=O)cc3F)cn2)n1. The number of rotatable bonds is 6. The van der Waals surface area contributed by atoms with E-state index in [1.165, 1.54) is 34.2 Å². The molecule has 15 heteroatoms. The molecule has 1 aliphatic heterocycles.